The molecule has 0 aromatic carbocycles. The van der Waals surface area contributed by atoms with Crippen LogP contribution in [0.1, 0.15) is 38.5 Å². The average molecular weight is 258 g/mol. The summed E-state index contributed by atoms with van der Waals surface area (Å²) >= 11 is 0. The van der Waals surface area contributed by atoms with E-state index in [1.165, 1.54) is 0 Å². The fourth-order valence-electron chi connectivity index (χ4n) is 1.56. The van der Waals surface area contributed by atoms with Crippen molar-refractivity contribution >= 4 is 11.9 Å². The number of hydrogen-bond donors (Lipinski definition) is 0. The van der Waals surface area contributed by atoms with Crippen molar-refractivity contribution < 1.29 is 28.5 Å². The van der Waals surface area contributed by atoms with Crippen molar-refractivity contribution in [2.45, 2.75) is 51.1 Å². The third-order valence-electron chi connectivity index (χ3n) is 2.85. The molecule has 0 aromatic heterocycles. The van der Waals surface area contributed by atoms with Crippen LogP contribution < -0.4 is 0 Å². The van der Waals surface area contributed by atoms with Crippen LogP contribution in [0.2, 0.25) is 0 Å². The van der Waals surface area contributed by atoms with Gasteiger partial charge in [-0.2, -0.15) is 0 Å². The SMILES string of the molecule is O=C(CCCCC(=O)OC1CCO1)OC1CCO1. The summed E-state index contributed by atoms with van der Waals surface area (Å²) in [5.74, 6) is -0.536. The quantitative estimate of drug-likeness (QED) is 0.503. The van der Waals surface area contributed by atoms with E-state index in [-0.39, 0.29) is 24.5 Å². The maximum atomic E-state index is 11.3. The zero-order chi connectivity index (χ0) is 12.8. The molecule has 2 saturated heterocycles. The molecule has 6 heteroatoms. The molecule has 0 spiro atoms. The number of carbonyl (C=O) groups excluding carboxylic acids is 2. The summed E-state index contributed by atoms with van der Waals surface area (Å²) in [5, 5.41) is 0. The lowest BCUT2D eigenvalue weighted by atomic mass is 10.2. The molecule has 2 aliphatic heterocycles. The molecule has 0 saturated carbocycles. The highest BCUT2D eigenvalue weighted by Gasteiger charge is 2.23. The molecular formula is C12H18O6. The Morgan fingerprint density at radius 2 is 1.28 bits per heavy atom. The molecule has 2 unspecified atom stereocenters. The number of unbranched alkanes of at least 4 members (excludes halogenated alkanes) is 1. The van der Waals surface area contributed by atoms with E-state index in [4.69, 9.17) is 18.9 Å². The van der Waals surface area contributed by atoms with Gasteiger partial charge in [0.25, 0.3) is 0 Å². The molecule has 18 heavy (non-hydrogen) atoms. The van der Waals surface area contributed by atoms with Crippen molar-refractivity contribution in [1.29, 1.82) is 0 Å². The molecule has 102 valence electrons. The first-order valence-electron chi connectivity index (χ1n) is 6.36. The van der Waals surface area contributed by atoms with Crippen LogP contribution in [0.3, 0.4) is 0 Å². The second-order valence-electron chi connectivity index (χ2n) is 4.36. The standard InChI is InChI=1S/C12H18O6/c13-9(17-11-5-7-15-11)3-1-2-4-10(14)18-12-6-8-16-12/h11-12H,1-8H2. The van der Waals surface area contributed by atoms with E-state index in [1.54, 1.807) is 0 Å². The van der Waals surface area contributed by atoms with E-state index in [0.717, 1.165) is 12.8 Å². The van der Waals surface area contributed by atoms with Crippen LogP contribution in [-0.4, -0.2) is 37.7 Å². The number of hydrogen-bond acceptors (Lipinski definition) is 6. The largest absolute Gasteiger partial charge is 0.436 e. The molecule has 2 rings (SSSR count). The van der Waals surface area contributed by atoms with E-state index >= 15 is 0 Å². The molecule has 0 amide bonds. The normalized spacial score (nSPS) is 25.8. The first-order chi connectivity index (χ1) is 8.74. The third-order valence-corrected chi connectivity index (χ3v) is 2.85. The summed E-state index contributed by atoms with van der Waals surface area (Å²) in [5.41, 5.74) is 0. The fourth-order valence-corrected chi connectivity index (χ4v) is 1.56. The molecular weight excluding hydrogens is 240 g/mol. The topological polar surface area (TPSA) is 71.1 Å². The average Bonchev–Trinajstić information content (AvgIpc) is 2.24. The highest BCUT2D eigenvalue weighted by atomic mass is 16.7. The Kier molecular flexibility index (Phi) is 4.95. The second kappa shape index (κ2) is 6.70. The molecule has 2 atom stereocenters. The molecule has 2 aliphatic rings. The highest BCUT2D eigenvalue weighted by molar-refractivity contribution is 5.70. The van der Waals surface area contributed by atoms with Crippen molar-refractivity contribution in [2.75, 3.05) is 13.2 Å². The van der Waals surface area contributed by atoms with Crippen molar-refractivity contribution in [3.8, 4) is 0 Å². The Labute approximate surface area is 106 Å². The van der Waals surface area contributed by atoms with E-state index < -0.39 is 0 Å². The summed E-state index contributed by atoms with van der Waals surface area (Å²) < 4.78 is 19.9. The van der Waals surface area contributed by atoms with E-state index in [2.05, 4.69) is 0 Å². The minimum atomic E-state index is -0.349. The predicted octanol–water partition coefficient (Wildman–Crippen LogP) is 1.13. The predicted molar refractivity (Wildman–Crippen MR) is 59.4 cm³/mol. The van der Waals surface area contributed by atoms with Gasteiger partial charge < -0.3 is 18.9 Å². The van der Waals surface area contributed by atoms with Gasteiger partial charge in [-0.1, -0.05) is 0 Å². The Balaban J connectivity index is 1.44. The van der Waals surface area contributed by atoms with Crippen LogP contribution in [-0.2, 0) is 28.5 Å². The van der Waals surface area contributed by atoms with Gasteiger partial charge in [0.2, 0.25) is 12.6 Å². The zero-order valence-corrected chi connectivity index (χ0v) is 10.3. The maximum absolute atomic E-state index is 11.3. The smallest absolute Gasteiger partial charge is 0.308 e. The maximum Gasteiger partial charge on any atom is 0.308 e. The number of carbonyl (C=O) groups is 2. The monoisotopic (exact) mass is 258 g/mol. The van der Waals surface area contributed by atoms with E-state index in [0.29, 0.717) is 38.9 Å². The molecule has 0 aromatic rings. The zero-order valence-electron chi connectivity index (χ0n) is 10.3. The Bertz CT molecular complexity index is 265. The van der Waals surface area contributed by atoms with Gasteiger partial charge in [-0.25, -0.2) is 0 Å². The molecule has 0 aliphatic carbocycles. The Hall–Kier alpha value is -1.14. The first kappa shape index (κ1) is 13.3. The van der Waals surface area contributed by atoms with Crippen molar-refractivity contribution in [1.82, 2.24) is 0 Å². The van der Waals surface area contributed by atoms with E-state index in [1.807, 2.05) is 0 Å². The van der Waals surface area contributed by atoms with Crippen molar-refractivity contribution in [2.24, 2.45) is 0 Å². The fraction of sp³-hybridized carbons (Fsp3) is 0.833. The van der Waals surface area contributed by atoms with Gasteiger partial charge in [0.15, 0.2) is 0 Å². The summed E-state index contributed by atoms with van der Waals surface area (Å²) in [7, 11) is 0. The first-order valence-corrected chi connectivity index (χ1v) is 6.36. The molecule has 6 nitrogen and oxygen atoms in total. The van der Waals surface area contributed by atoms with Gasteiger partial charge in [0.05, 0.1) is 13.2 Å². The summed E-state index contributed by atoms with van der Waals surface area (Å²) in [6.45, 7) is 1.32. The minimum absolute atomic E-state index is 0.268. The van der Waals surface area contributed by atoms with Gasteiger partial charge in [0.1, 0.15) is 0 Å². The van der Waals surface area contributed by atoms with Crippen molar-refractivity contribution in [3.05, 3.63) is 0 Å². The summed E-state index contributed by atoms with van der Waals surface area (Å²) in [4.78, 5) is 22.6. The van der Waals surface area contributed by atoms with Gasteiger partial charge in [-0.3, -0.25) is 9.59 Å². The number of ether oxygens (including phenoxy) is 4. The van der Waals surface area contributed by atoms with Crippen LogP contribution in [0.5, 0.6) is 0 Å². The van der Waals surface area contributed by atoms with Crippen LogP contribution in [0.4, 0.5) is 0 Å². The van der Waals surface area contributed by atoms with Gasteiger partial charge in [-0.05, 0) is 12.8 Å². The molecule has 2 heterocycles. The lowest BCUT2D eigenvalue weighted by molar-refractivity contribution is -0.218. The van der Waals surface area contributed by atoms with Crippen LogP contribution >= 0.6 is 0 Å². The Morgan fingerprint density at radius 1 is 0.889 bits per heavy atom. The van der Waals surface area contributed by atoms with E-state index in [9.17, 15) is 9.59 Å². The molecule has 2 fully saturated rings. The third kappa shape index (κ3) is 4.27. The number of esters is 2. The molecule has 0 N–H and O–H groups in total. The molecule has 0 bridgehead atoms. The summed E-state index contributed by atoms with van der Waals surface area (Å²) in [6.07, 6.45) is 2.72. The van der Waals surface area contributed by atoms with Crippen LogP contribution in [0.15, 0.2) is 0 Å². The van der Waals surface area contributed by atoms with Crippen molar-refractivity contribution in [3.63, 3.8) is 0 Å². The second-order valence-corrected chi connectivity index (χ2v) is 4.36. The Morgan fingerprint density at radius 3 is 1.56 bits per heavy atom. The van der Waals surface area contributed by atoms with Gasteiger partial charge in [0, 0.05) is 25.7 Å². The van der Waals surface area contributed by atoms with Gasteiger partial charge in [-0.15, -0.1) is 0 Å². The lowest BCUT2D eigenvalue weighted by Gasteiger charge is -2.26. The van der Waals surface area contributed by atoms with Crippen LogP contribution in [0, 0.1) is 0 Å². The summed E-state index contributed by atoms with van der Waals surface area (Å²) in [6, 6.07) is 0. The molecule has 0 radical (unpaired) electrons. The minimum Gasteiger partial charge on any atom is -0.436 e. The van der Waals surface area contributed by atoms with Gasteiger partial charge >= 0.3 is 11.9 Å². The number of rotatable bonds is 7. The highest BCUT2D eigenvalue weighted by Crippen LogP contribution is 2.15. The van der Waals surface area contributed by atoms with Crippen LogP contribution in [0.25, 0.3) is 0 Å². The lowest BCUT2D eigenvalue weighted by Crippen LogP contribution is -2.32.